The topological polar surface area (TPSA) is 53.5 Å². The number of hydrogen-bond acceptors (Lipinski definition) is 3. The van der Waals surface area contributed by atoms with Gasteiger partial charge in [0.05, 0.1) is 5.71 Å². The first kappa shape index (κ1) is 18.5. The van der Waals surface area contributed by atoms with Crippen LogP contribution in [0.5, 0.6) is 0 Å². The van der Waals surface area contributed by atoms with Gasteiger partial charge in [0.25, 0.3) is 5.91 Å². The Bertz CT molecular complexity index is 714. The maximum absolute atomic E-state index is 12.3. The summed E-state index contributed by atoms with van der Waals surface area (Å²) in [5.74, 6) is -0.177. The Labute approximate surface area is 155 Å². The van der Waals surface area contributed by atoms with Crippen LogP contribution in [0.25, 0.3) is 0 Å². The summed E-state index contributed by atoms with van der Waals surface area (Å²) in [6.07, 6.45) is 0.640. The zero-order valence-electron chi connectivity index (χ0n) is 13.5. The van der Waals surface area contributed by atoms with Crippen LogP contribution in [0.2, 0.25) is 5.02 Å². The number of hydrogen-bond donors (Lipinski definition) is 2. The summed E-state index contributed by atoms with van der Waals surface area (Å²) in [4.78, 5) is 12.3. The van der Waals surface area contributed by atoms with E-state index < -0.39 is 0 Å². The third kappa shape index (κ3) is 5.35. The minimum absolute atomic E-state index is 0.177. The molecule has 0 unspecified atom stereocenters. The molecule has 0 aliphatic heterocycles. The minimum Gasteiger partial charge on any atom is -0.374 e. The van der Waals surface area contributed by atoms with E-state index in [1.54, 1.807) is 12.1 Å². The number of anilines is 1. The van der Waals surface area contributed by atoms with Crippen molar-refractivity contribution in [3.05, 3.63) is 63.6 Å². The van der Waals surface area contributed by atoms with E-state index in [0.29, 0.717) is 11.4 Å². The molecule has 0 bridgehead atoms. The fraction of sp³-hybridized carbons (Fsp3) is 0.222. The summed E-state index contributed by atoms with van der Waals surface area (Å²) in [5.41, 5.74) is 5.17. The Kier molecular flexibility index (Phi) is 6.82. The third-order valence-corrected chi connectivity index (χ3v) is 4.29. The van der Waals surface area contributed by atoms with Gasteiger partial charge in [0, 0.05) is 15.2 Å². The molecule has 0 aromatic heterocycles. The quantitative estimate of drug-likeness (QED) is 0.531. The Morgan fingerprint density at radius 2 is 1.79 bits per heavy atom. The van der Waals surface area contributed by atoms with Crippen molar-refractivity contribution in [3.63, 3.8) is 0 Å². The maximum atomic E-state index is 12.3. The van der Waals surface area contributed by atoms with E-state index in [4.69, 9.17) is 11.6 Å². The van der Waals surface area contributed by atoms with Crippen molar-refractivity contribution in [2.45, 2.75) is 26.3 Å². The van der Waals surface area contributed by atoms with Gasteiger partial charge in [-0.25, -0.2) is 5.43 Å². The molecule has 6 heteroatoms. The van der Waals surface area contributed by atoms with Crippen molar-refractivity contribution >= 4 is 44.8 Å². The number of halogens is 2. The molecule has 2 aromatic carbocycles. The Morgan fingerprint density at radius 3 is 2.38 bits per heavy atom. The molecular formula is C18H19BrClN3O. The molecule has 0 spiro atoms. The molecule has 4 nitrogen and oxygen atoms in total. The SMILES string of the molecule is CC[C@@H](Nc1ccc(Cl)cc1)C(=O)N/N=C(/C)c1ccc(Br)cc1. The molecular weight excluding hydrogens is 390 g/mol. The van der Waals surface area contributed by atoms with Crippen LogP contribution in [-0.4, -0.2) is 17.7 Å². The number of rotatable bonds is 6. The Balaban J connectivity index is 1.99. The van der Waals surface area contributed by atoms with Crippen LogP contribution in [0.1, 0.15) is 25.8 Å². The van der Waals surface area contributed by atoms with E-state index in [-0.39, 0.29) is 11.9 Å². The number of hydrazone groups is 1. The second-order valence-electron chi connectivity index (χ2n) is 5.29. The van der Waals surface area contributed by atoms with Gasteiger partial charge in [-0.15, -0.1) is 0 Å². The predicted molar refractivity (Wildman–Crippen MR) is 104 cm³/mol. The molecule has 0 fully saturated rings. The maximum Gasteiger partial charge on any atom is 0.262 e. The average molecular weight is 409 g/mol. The highest BCUT2D eigenvalue weighted by Gasteiger charge is 2.15. The van der Waals surface area contributed by atoms with Crippen LogP contribution >= 0.6 is 27.5 Å². The van der Waals surface area contributed by atoms with Gasteiger partial charge in [-0.2, -0.15) is 5.10 Å². The summed E-state index contributed by atoms with van der Waals surface area (Å²) in [7, 11) is 0. The van der Waals surface area contributed by atoms with E-state index in [2.05, 4.69) is 31.8 Å². The number of carbonyl (C=O) groups excluding carboxylic acids is 1. The molecule has 126 valence electrons. The van der Waals surface area contributed by atoms with Gasteiger partial charge < -0.3 is 5.32 Å². The predicted octanol–water partition coefficient (Wildman–Crippen LogP) is 4.83. The third-order valence-electron chi connectivity index (χ3n) is 3.51. The standard InChI is InChI=1S/C18H19BrClN3O/c1-3-17(21-16-10-8-15(20)9-11-16)18(24)23-22-12(2)13-4-6-14(19)7-5-13/h4-11,17,21H,3H2,1-2H3,(H,23,24)/b22-12-/t17-/m1/s1. The zero-order valence-corrected chi connectivity index (χ0v) is 15.9. The van der Waals surface area contributed by atoms with Crippen molar-refractivity contribution in [1.29, 1.82) is 0 Å². The van der Waals surface area contributed by atoms with Crippen LogP contribution < -0.4 is 10.7 Å². The molecule has 2 aromatic rings. The van der Waals surface area contributed by atoms with Gasteiger partial charge in [0.15, 0.2) is 0 Å². The Morgan fingerprint density at radius 1 is 1.17 bits per heavy atom. The first-order valence-electron chi connectivity index (χ1n) is 7.61. The average Bonchev–Trinajstić information content (AvgIpc) is 2.59. The first-order chi connectivity index (χ1) is 11.5. The number of carbonyl (C=O) groups is 1. The highest BCUT2D eigenvalue weighted by atomic mass is 79.9. The van der Waals surface area contributed by atoms with Crippen molar-refractivity contribution in [2.24, 2.45) is 5.10 Å². The van der Waals surface area contributed by atoms with Gasteiger partial charge in [-0.3, -0.25) is 4.79 Å². The molecule has 0 aliphatic carbocycles. The monoisotopic (exact) mass is 407 g/mol. The molecule has 24 heavy (non-hydrogen) atoms. The smallest absolute Gasteiger partial charge is 0.262 e. The summed E-state index contributed by atoms with van der Waals surface area (Å²) in [5, 5.41) is 8.03. The fourth-order valence-corrected chi connectivity index (χ4v) is 2.46. The molecule has 0 saturated heterocycles. The highest BCUT2D eigenvalue weighted by Crippen LogP contribution is 2.15. The number of benzene rings is 2. The Hall–Kier alpha value is -1.85. The molecule has 0 aliphatic rings. The van der Waals surface area contributed by atoms with Gasteiger partial charge in [0.2, 0.25) is 0 Å². The van der Waals surface area contributed by atoms with Crippen LogP contribution in [-0.2, 0) is 4.79 Å². The second-order valence-corrected chi connectivity index (χ2v) is 6.64. The van der Waals surface area contributed by atoms with Crippen LogP contribution in [0.3, 0.4) is 0 Å². The van der Waals surface area contributed by atoms with Gasteiger partial charge in [-0.1, -0.05) is 46.6 Å². The van der Waals surface area contributed by atoms with Gasteiger partial charge >= 0.3 is 0 Å². The lowest BCUT2D eigenvalue weighted by atomic mass is 10.1. The molecule has 2 rings (SSSR count). The number of nitrogens with one attached hydrogen (secondary N) is 2. The summed E-state index contributed by atoms with van der Waals surface area (Å²) < 4.78 is 1.00. The molecule has 2 N–H and O–H groups in total. The van der Waals surface area contributed by atoms with E-state index in [0.717, 1.165) is 21.4 Å². The van der Waals surface area contributed by atoms with Crippen molar-refractivity contribution in [3.8, 4) is 0 Å². The van der Waals surface area contributed by atoms with Gasteiger partial charge in [0.1, 0.15) is 6.04 Å². The van der Waals surface area contributed by atoms with E-state index in [9.17, 15) is 4.79 Å². The molecule has 1 atom stereocenters. The number of amides is 1. The molecule has 0 saturated carbocycles. The van der Waals surface area contributed by atoms with Crippen molar-refractivity contribution < 1.29 is 4.79 Å². The molecule has 0 heterocycles. The van der Waals surface area contributed by atoms with Crippen molar-refractivity contribution in [1.82, 2.24) is 5.43 Å². The second kappa shape index (κ2) is 8.85. The fourth-order valence-electron chi connectivity index (χ4n) is 2.07. The lowest BCUT2D eigenvalue weighted by molar-refractivity contribution is -0.121. The summed E-state index contributed by atoms with van der Waals surface area (Å²) in [6, 6.07) is 14.6. The van der Waals surface area contributed by atoms with E-state index >= 15 is 0 Å². The van der Waals surface area contributed by atoms with Crippen LogP contribution in [0.15, 0.2) is 58.1 Å². The zero-order chi connectivity index (χ0) is 17.5. The first-order valence-corrected chi connectivity index (χ1v) is 8.79. The summed E-state index contributed by atoms with van der Waals surface area (Å²) in [6.45, 7) is 3.80. The highest BCUT2D eigenvalue weighted by molar-refractivity contribution is 9.10. The number of nitrogens with zero attached hydrogens (tertiary/aromatic N) is 1. The van der Waals surface area contributed by atoms with Crippen LogP contribution in [0.4, 0.5) is 5.69 Å². The van der Waals surface area contributed by atoms with E-state index in [1.165, 1.54) is 0 Å². The lowest BCUT2D eigenvalue weighted by Crippen LogP contribution is -2.37. The molecule has 1 amide bonds. The molecule has 0 radical (unpaired) electrons. The largest absolute Gasteiger partial charge is 0.374 e. The van der Waals surface area contributed by atoms with Gasteiger partial charge in [-0.05, 0) is 55.3 Å². The van der Waals surface area contributed by atoms with Crippen molar-refractivity contribution in [2.75, 3.05) is 5.32 Å². The van der Waals surface area contributed by atoms with E-state index in [1.807, 2.05) is 50.2 Å². The normalized spacial score (nSPS) is 12.6. The van der Waals surface area contributed by atoms with Crippen LogP contribution in [0, 0.1) is 0 Å². The minimum atomic E-state index is -0.368. The summed E-state index contributed by atoms with van der Waals surface area (Å²) >= 11 is 9.26. The lowest BCUT2D eigenvalue weighted by Gasteiger charge is -2.16.